The molecule has 0 aliphatic carbocycles. The number of allylic oxidation sites excluding steroid dienone is 3. The molecule has 0 saturated heterocycles. The molecule has 0 saturated carbocycles. The molecule has 16 heavy (non-hydrogen) atoms. The van der Waals surface area contributed by atoms with Crippen LogP contribution in [0.3, 0.4) is 0 Å². The van der Waals surface area contributed by atoms with Gasteiger partial charge in [0.15, 0.2) is 11.7 Å². The molecule has 1 rings (SSSR count). The Bertz CT molecular complexity index is 425. The third kappa shape index (κ3) is 3.05. The molecule has 0 aromatic carbocycles. The Kier molecular flexibility index (Phi) is 4.45. The summed E-state index contributed by atoms with van der Waals surface area (Å²) in [6.07, 6.45) is 8.34. The van der Waals surface area contributed by atoms with Crippen molar-refractivity contribution in [2.45, 2.75) is 19.8 Å². The Morgan fingerprint density at radius 3 is 2.75 bits per heavy atom. The van der Waals surface area contributed by atoms with Crippen LogP contribution in [-0.2, 0) is 0 Å². The first kappa shape index (κ1) is 12.2. The second kappa shape index (κ2) is 5.85. The third-order valence-corrected chi connectivity index (χ3v) is 1.90. The van der Waals surface area contributed by atoms with Crippen LogP contribution in [0.4, 0.5) is 0 Å². The van der Waals surface area contributed by atoms with E-state index < -0.39 is 0 Å². The van der Waals surface area contributed by atoms with E-state index in [4.69, 9.17) is 4.42 Å². The maximum Gasteiger partial charge on any atom is 0.197 e. The third-order valence-electron chi connectivity index (χ3n) is 1.90. The highest BCUT2D eigenvalue weighted by molar-refractivity contribution is 6.06. The Morgan fingerprint density at radius 2 is 2.25 bits per heavy atom. The first-order valence-electron chi connectivity index (χ1n) is 5.13. The van der Waals surface area contributed by atoms with E-state index in [9.17, 15) is 0 Å². The van der Waals surface area contributed by atoms with Crippen LogP contribution in [0.5, 0.6) is 0 Å². The Hall–Kier alpha value is -1.90. The molecular weight excluding hydrogens is 200 g/mol. The van der Waals surface area contributed by atoms with Crippen molar-refractivity contribution in [1.82, 2.24) is 4.98 Å². The number of aliphatic imine (C=N–C) groups is 1. The molecule has 0 aliphatic heterocycles. The van der Waals surface area contributed by atoms with Gasteiger partial charge in [-0.05, 0) is 12.2 Å². The topological polar surface area (TPSA) is 38.4 Å². The predicted octanol–water partition coefficient (Wildman–Crippen LogP) is 3.47. The average Bonchev–Trinajstić information content (AvgIpc) is 2.74. The summed E-state index contributed by atoms with van der Waals surface area (Å²) in [5.41, 5.74) is 0.664. The summed E-state index contributed by atoms with van der Waals surface area (Å²) in [5, 5.41) is 0. The molecule has 84 valence electrons. The highest BCUT2D eigenvalue weighted by Gasteiger charge is 2.09. The lowest BCUT2D eigenvalue weighted by atomic mass is 10.2. The zero-order chi connectivity index (χ0) is 12.0. The number of oxazole rings is 1. The smallest absolute Gasteiger partial charge is 0.197 e. The number of aromatic nitrogens is 1. The van der Waals surface area contributed by atoms with Crippen molar-refractivity contribution in [3.05, 3.63) is 55.4 Å². The van der Waals surface area contributed by atoms with Gasteiger partial charge in [-0.15, -0.1) is 0 Å². The van der Waals surface area contributed by atoms with Crippen LogP contribution in [0.1, 0.15) is 31.4 Å². The van der Waals surface area contributed by atoms with Crippen LogP contribution >= 0.6 is 0 Å². The molecule has 3 nitrogen and oxygen atoms in total. The number of rotatable bonds is 5. The van der Waals surface area contributed by atoms with Gasteiger partial charge < -0.3 is 4.42 Å². The molecule has 0 spiro atoms. The van der Waals surface area contributed by atoms with Gasteiger partial charge in [-0.3, -0.25) is 4.99 Å². The first-order valence-corrected chi connectivity index (χ1v) is 5.13. The summed E-state index contributed by atoms with van der Waals surface area (Å²) in [4.78, 5) is 8.36. The monoisotopic (exact) mass is 216 g/mol. The maximum atomic E-state index is 5.56. The van der Waals surface area contributed by atoms with Gasteiger partial charge in [0.2, 0.25) is 0 Å². The predicted molar refractivity (Wildman–Crippen MR) is 66.7 cm³/mol. The van der Waals surface area contributed by atoms with Crippen LogP contribution in [0.2, 0.25) is 0 Å². The lowest BCUT2D eigenvalue weighted by Gasteiger charge is -1.96. The summed E-state index contributed by atoms with van der Waals surface area (Å²) in [7, 11) is 0. The van der Waals surface area contributed by atoms with E-state index in [-0.39, 0.29) is 5.92 Å². The van der Waals surface area contributed by atoms with E-state index in [0.29, 0.717) is 17.4 Å². The van der Waals surface area contributed by atoms with Crippen LogP contribution < -0.4 is 0 Å². The molecule has 1 heterocycles. The summed E-state index contributed by atoms with van der Waals surface area (Å²) >= 11 is 0. The fourth-order valence-electron chi connectivity index (χ4n) is 1.07. The molecule has 0 fully saturated rings. The second-order valence-electron chi connectivity index (χ2n) is 3.51. The van der Waals surface area contributed by atoms with Crippen LogP contribution in [0, 0.1) is 0 Å². The van der Waals surface area contributed by atoms with E-state index in [1.165, 1.54) is 0 Å². The van der Waals surface area contributed by atoms with Gasteiger partial charge in [0.1, 0.15) is 5.71 Å². The Labute approximate surface area is 95.9 Å². The largest absolute Gasteiger partial charge is 0.439 e. The maximum absolute atomic E-state index is 5.56. The van der Waals surface area contributed by atoms with E-state index in [1.54, 1.807) is 30.6 Å². The second-order valence-corrected chi connectivity index (χ2v) is 3.51. The minimum absolute atomic E-state index is 0.267. The van der Waals surface area contributed by atoms with Gasteiger partial charge in [0.25, 0.3) is 0 Å². The minimum Gasteiger partial charge on any atom is -0.439 e. The Balaban J connectivity index is 2.95. The lowest BCUT2D eigenvalue weighted by molar-refractivity contribution is 0.465. The molecular formula is C13H16N2O. The lowest BCUT2D eigenvalue weighted by Crippen LogP contribution is -1.92. The number of nitrogens with zero attached hydrogens (tertiary/aromatic N) is 2. The highest BCUT2D eigenvalue weighted by atomic mass is 16.4. The standard InChI is InChI=1S/C13H16N2O/c1-5-7-8-14-11(6-2)12-9-15-13(16-12)10(3)4/h5-10H,1-2H2,3-4H3/b8-7-,14-11?. The van der Waals surface area contributed by atoms with Crippen molar-refractivity contribution < 1.29 is 4.42 Å². The van der Waals surface area contributed by atoms with Crippen molar-refractivity contribution >= 4 is 5.71 Å². The Morgan fingerprint density at radius 1 is 1.50 bits per heavy atom. The van der Waals surface area contributed by atoms with Crippen molar-refractivity contribution in [1.29, 1.82) is 0 Å². The molecule has 0 radical (unpaired) electrons. The zero-order valence-electron chi connectivity index (χ0n) is 9.68. The quantitative estimate of drug-likeness (QED) is 0.558. The van der Waals surface area contributed by atoms with Crippen molar-refractivity contribution in [2.24, 2.45) is 4.99 Å². The summed E-state index contributed by atoms with van der Waals surface area (Å²) in [6.45, 7) is 11.3. The van der Waals surface area contributed by atoms with Crippen LogP contribution in [0.25, 0.3) is 0 Å². The average molecular weight is 216 g/mol. The number of hydrogen-bond donors (Lipinski definition) is 0. The SMILES string of the molecule is C=C/C=C\N=C(C=C)c1cnc(C(C)C)o1. The van der Waals surface area contributed by atoms with Gasteiger partial charge >= 0.3 is 0 Å². The molecule has 0 atom stereocenters. The molecule has 1 aromatic rings. The van der Waals surface area contributed by atoms with E-state index in [1.807, 2.05) is 13.8 Å². The van der Waals surface area contributed by atoms with Crippen LogP contribution in [0.15, 0.2) is 53.2 Å². The first-order chi connectivity index (χ1) is 7.69. The number of hydrogen-bond acceptors (Lipinski definition) is 3. The van der Waals surface area contributed by atoms with Gasteiger partial charge in [-0.25, -0.2) is 4.98 Å². The fraction of sp³-hybridized carbons (Fsp3) is 0.231. The van der Waals surface area contributed by atoms with Crippen LogP contribution in [-0.4, -0.2) is 10.7 Å². The fourth-order valence-corrected chi connectivity index (χ4v) is 1.07. The molecule has 0 unspecified atom stereocenters. The molecule has 0 aliphatic rings. The molecule has 1 aromatic heterocycles. The highest BCUT2D eigenvalue weighted by Crippen LogP contribution is 2.15. The summed E-state index contributed by atoms with van der Waals surface area (Å²) < 4.78 is 5.56. The van der Waals surface area contributed by atoms with E-state index >= 15 is 0 Å². The van der Waals surface area contributed by atoms with E-state index in [0.717, 1.165) is 0 Å². The normalized spacial score (nSPS) is 12.3. The molecule has 0 N–H and O–H groups in total. The van der Waals surface area contributed by atoms with Crippen molar-refractivity contribution in [2.75, 3.05) is 0 Å². The van der Waals surface area contributed by atoms with Gasteiger partial charge in [0.05, 0.1) is 6.20 Å². The summed E-state index contributed by atoms with van der Waals surface area (Å²) in [6, 6.07) is 0. The minimum atomic E-state index is 0.267. The van der Waals surface area contributed by atoms with Crippen molar-refractivity contribution in [3.8, 4) is 0 Å². The zero-order valence-corrected chi connectivity index (χ0v) is 9.68. The summed E-state index contributed by atoms with van der Waals surface area (Å²) in [5.74, 6) is 1.60. The molecule has 0 bridgehead atoms. The molecule has 3 heteroatoms. The van der Waals surface area contributed by atoms with Gasteiger partial charge in [0, 0.05) is 12.1 Å². The van der Waals surface area contributed by atoms with Gasteiger partial charge in [-0.2, -0.15) is 0 Å². The van der Waals surface area contributed by atoms with Crippen molar-refractivity contribution in [3.63, 3.8) is 0 Å². The van der Waals surface area contributed by atoms with Gasteiger partial charge in [-0.1, -0.05) is 33.1 Å². The van der Waals surface area contributed by atoms with E-state index in [2.05, 4.69) is 23.1 Å². The molecule has 0 amide bonds.